The summed E-state index contributed by atoms with van der Waals surface area (Å²) in [5.41, 5.74) is 0.501. The average molecular weight is 254 g/mol. The minimum absolute atomic E-state index is 0.468. The van der Waals surface area contributed by atoms with E-state index in [-0.39, 0.29) is 0 Å². The highest BCUT2D eigenvalue weighted by atomic mass is 16.5. The van der Waals surface area contributed by atoms with Gasteiger partial charge in [0.05, 0.1) is 6.10 Å². The first-order valence-electron chi connectivity index (χ1n) is 7.63. The average Bonchev–Trinajstić information content (AvgIpc) is 2.80. The molecule has 2 aliphatic heterocycles. The third-order valence-corrected chi connectivity index (χ3v) is 4.39. The van der Waals surface area contributed by atoms with Crippen LogP contribution in [0.2, 0.25) is 0 Å². The van der Waals surface area contributed by atoms with Gasteiger partial charge < -0.3 is 10.1 Å². The van der Waals surface area contributed by atoms with Gasteiger partial charge in [-0.05, 0) is 44.6 Å². The van der Waals surface area contributed by atoms with E-state index < -0.39 is 0 Å². The van der Waals surface area contributed by atoms with Crippen molar-refractivity contribution in [3.05, 3.63) is 0 Å². The Kier molecular flexibility index (Phi) is 5.05. The maximum Gasteiger partial charge on any atom is 0.0700 e. The monoisotopic (exact) mass is 254 g/mol. The van der Waals surface area contributed by atoms with Crippen molar-refractivity contribution in [2.45, 2.75) is 58.6 Å². The topological polar surface area (TPSA) is 24.5 Å². The molecule has 2 atom stereocenters. The zero-order valence-corrected chi connectivity index (χ0v) is 12.4. The third-order valence-electron chi connectivity index (χ3n) is 4.39. The Morgan fingerprint density at radius 1 is 1.39 bits per heavy atom. The molecule has 0 amide bonds. The van der Waals surface area contributed by atoms with Gasteiger partial charge in [0, 0.05) is 32.3 Å². The lowest BCUT2D eigenvalue weighted by atomic mass is 9.83. The molecule has 0 aromatic carbocycles. The van der Waals surface area contributed by atoms with Gasteiger partial charge in [0.15, 0.2) is 0 Å². The summed E-state index contributed by atoms with van der Waals surface area (Å²) in [6, 6.07) is 0.644. The van der Waals surface area contributed by atoms with Gasteiger partial charge in [-0.2, -0.15) is 0 Å². The number of nitrogens with zero attached hydrogens (tertiary/aromatic N) is 1. The number of hydrogen-bond acceptors (Lipinski definition) is 3. The summed E-state index contributed by atoms with van der Waals surface area (Å²) in [6.45, 7) is 12.7. The molecule has 2 saturated heterocycles. The zero-order chi connectivity index (χ0) is 13.0. The highest BCUT2D eigenvalue weighted by Crippen LogP contribution is 2.29. The van der Waals surface area contributed by atoms with Gasteiger partial charge in [-0.15, -0.1) is 0 Å². The minimum Gasteiger partial charge on any atom is -0.377 e. The molecule has 3 heteroatoms. The Hall–Kier alpha value is -0.120. The van der Waals surface area contributed by atoms with Crippen LogP contribution in [0.5, 0.6) is 0 Å². The summed E-state index contributed by atoms with van der Waals surface area (Å²) in [7, 11) is 0. The van der Waals surface area contributed by atoms with Crippen LogP contribution in [-0.4, -0.2) is 49.8 Å². The second-order valence-corrected chi connectivity index (χ2v) is 6.88. The van der Waals surface area contributed by atoms with Crippen molar-refractivity contribution < 1.29 is 4.74 Å². The van der Waals surface area contributed by atoms with Gasteiger partial charge in [-0.1, -0.05) is 13.8 Å². The minimum atomic E-state index is 0.468. The van der Waals surface area contributed by atoms with Crippen LogP contribution in [0.15, 0.2) is 0 Å². The van der Waals surface area contributed by atoms with Crippen LogP contribution in [0.1, 0.15) is 46.5 Å². The van der Waals surface area contributed by atoms with E-state index >= 15 is 0 Å². The fourth-order valence-electron chi connectivity index (χ4n) is 3.23. The molecule has 0 bridgehead atoms. The normalized spacial score (nSPS) is 30.5. The van der Waals surface area contributed by atoms with Gasteiger partial charge >= 0.3 is 0 Å². The van der Waals surface area contributed by atoms with Gasteiger partial charge in [-0.25, -0.2) is 0 Å². The van der Waals surface area contributed by atoms with Crippen LogP contribution in [0.3, 0.4) is 0 Å². The second-order valence-electron chi connectivity index (χ2n) is 6.88. The molecule has 0 saturated carbocycles. The molecule has 18 heavy (non-hydrogen) atoms. The number of hydrogen-bond donors (Lipinski definition) is 1. The largest absolute Gasteiger partial charge is 0.377 e. The Balaban J connectivity index is 1.65. The second kappa shape index (κ2) is 6.36. The Labute approximate surface area is 112 Å². The van der Waals surface area contributed by atoms with E-state index in [1.807, 2.05) is 0 Å². The molecule has 0 aromatic heterocycles. The molecular formula is C15H30N2O. The highest BCUT2D eigenvalue weighted by molar-refractivity contribution is 4.83. The predicted octanol–water partition coefficient (Wildman–Crippen LogP) is 2.27. The van der Waals surface area contributed by atoms with Crippen molar-refractivity contribution >= 4 is 0 Å². The number of likely N-dealkylation sites (tertiary alicyclic amines) is 1. The quantitative estimate of drug-likeness (QED) is 0.814. The summed E-state index contributed by atoms with van der Waals surface area (Å²) < 4.78 is 5.64. The van der Waals surface area contributed by atoms with Crippen LogP contribution < -0.4 is 5.32 Å². The molecule has 2 fully saturated rings. The molecule has 1 N–H and O–H groups in total. The highest BCUT2D eigenvalue weighted by Gasteiger charge is 2.28. The van der Waals surface area contributed by atoms with Crippen molar-refractivity contribution in [3.8, 4) is 0 Å². The maximum atomic E-state index is 5.64. The molecule has 2 heterocycles. The SMILES string of the molecule is CC(CNCC1CCCO1)N1CCCC(C)(C)C1. The van der Waals surface area contributed by atoms with Gasteiger partial charge in [-0.3, -0.25) is 4.90 Å². The fraction of sp³-hybridized carbons (Fsp3) is 1.00. The van der Waals surface area contributed by atoms with E-state index in [1.54, 1.807) is 0 Å². The lowest BCUT2D eigenvalue weighted by Gasteiger charge is -2.41. The molecule has 0 spiro atoms. The van der Waals surface area contributed by atoms with E-state index in [0.717, 1.165) is 19.7 Å². The number of ether oxygens (including phenoxy) is 1. The molecule has 3 nitrogen and oxygen atoms in total. The number of rotatable bonds is 5. The van der Waals surface area contributed by atoms with E-state index in [9.17, 15) is 0 Å². The molecule has 2 unspecified atom stereocenters. The first-order chi connectivity index (χ1) is 8.57. The van der Waals surface area contributed by atoms with Crippen LogP contribution in [-0.2, 0) is 4.74 Å². The van der Waals surface area contributed by atoms with E-state index in [4.69, 9.17) is 4.74 Å². The Morgan fingerprint density at radius 3 is 2.89 bits per heavy atom. The lowest BCUT2D eigenvalue weighted by Crippen LogP contribution is -2.48. The zero-order valence-electron chi connectivity index (χ0n) is 12.4. The Morgan fingerprint density at radius 2 is 2.22 bits per heavy atom. The van der Waals surface area contributed by atoms with E-state index in [1.165, 1.54) is 38.8 Å². The summed E-state index contributed by atoms with van der Waals surface area (Å²) in [6.07, 6.45) is 5.66. The summed E-state index contributed by atoms with van der Waals surface area (Å²) in [5, 5.41) is 3.59. The maximum absolute atomic E-state index is 5.64. The van der Waals surface area contributed by atoms with E-state index in [2.05, 4.69) is 31.0 Å². The third kappa shape index (κ3) is 4.22. The van der Waals surface area contributed by atoms with Crippen LogP contribution >= 0.6 is 0 Å². The first kappa shape index (κ1) is 14.3. The number of piperidine rings is 1. The van der Waals surface area contributed by atoms with Gasteiger partial charge in [0.25, 0.3) is 0 Å². The van der Waals surface area contributed by atoms with Crippen molar-refractivity contribution in [2.75, 3.05) is 32.8 Å². The molecule has 106 valence electrons. The molecular weight excluding hydrogens is 224 g/mol. The first-order valence-corrected chi connectivity index (χ1v) is 7.63. The lowest BCUT2D eigenvalue weighted by molar-refractivity contribution is 0.0784. The molecule has 2 aliphatic rings. The summed E-state index contributed by atoms with van der Waals surface area (Å²) in [4.78, 5) is 2.64. The molecule has 0 radical (unpaired) electrons. The molecule has 0 aromatic rings. The fourth-order valence-corrected chi connectivity index (χ4v) is 3.23. The van der Waals surface area contributed by atoms with Crippen molar-refractivity contribution in [1.29, 1.82) is 0 Å². The van der Waals surface area contributed by atoms with Crippen LogP contribution in [0, 0.1) is 5.41 Å². The predicted molar refractivity (Wildman–Crippen MR) is 75.9 cm³/mol. The van der Waals surface area contributed by atoms with Crippen LogP contribution in [0.4, 0.5) is 0 Å². The molecule has 2 rings (SSSR count). The van der Waals surface area contributed by atoms with Crippen molar-refractivity contribution in [2.24, 2.45) is 5.41 Å². The molecule has 0 aliphatic carbocycles. The van der Waals surface area contributed by atoms with Crippen molar-refractivity contribution in [1.82, 2.24) is 10.2 Å². The van der Waals surface area contributed by atoms with Crippen LogP contribution in [0.25, 0.3) is 0 Å². The van der Waals surface area contributed by atoms with Gasteiger partial charge in [0.1, 0.15) is 0 Å². The Bertz CT molecular complexity index is 249. The standard InChI is InChI=1S/C15H30N2O/c1-13(10-16-11-14-6-4-9-18-14)17-8-5-7-15(2,3)12-17/h13-14,16H,4-12H2,1-3H3. The van der Waals surface area contributed by atoms with E-state index in [0.29, 0.717) is 17.6 Å². The summed E-state index contributed by atoms with van der Waals surface area (Å²) in [5.74, 6) is 0. The van der Waals surface area contributed by atoms with Crippen molar-refractivity contribution in [3.63, 3.8) is 0 Å². The summed E-state index contributed by atoms with van der Waals surface area (Å²) >= 11 is 0. The smallest absolute Gasteiger partial charge is 0.0700 e. The van der Waals surface area contributed by atoms with Gasteiger partial charge in [0.2, 0.25) is 0 Å². The number of nitrogens with one attached hydrogen (secondary N) is 1.